The number of rotatable bonds is 6. The van der Waals surface area contributed by atoms with E-state index in [1.165, 1.54) is 0 Å². The molecule has 2 amide bonds. The highest BCUT2D eigenvalue weighted by Gasteiger charge is 2.49. The van der Waals surface area contributed by atoms with Crippen molar-refractivity contribution >= 4 is 11.7 Å². The normalized spacial score (nSPS) is 24.9. The second-order valence-corrected chi connectivity index (χ2v) is 7.29. The fourth-order valence-corrected chi connectivity index (χ4v) is 3.78. The molecule has 0 bridgehead atoms. The van der Waals surface area contributed by atoms with E-state index >= 15 is 0 Å². The quantitative estimate of drug-likeness (QED) is 0.450. The summed E-state index contributed by atoms with van der Waals surface area (Å²) in [5, 5.41) is 0. The van der Waals surface area contributed by atoms with Crippen molar-refractivity contribution in [2.75, 3.05) is 18.1 Å². The average molecular weight is 338 g/mol. The summed E-state index contributed by atoms with van der Waals surface area (Å²) in [6.45, 7) is 8.09. The van der Waals surface area contributed by atoms with Gasteiger partial charge < -0.3 is 9.64 Å². The number of amides is 2. The summed E-state index contributed by atoms with van der Waals surface area (Å²) in [7, 11) is 0. The highest BCUT2D eigenvalue weighted by molar-refractivity contribution is 5.96. The number of benzene rings is 1. The molecule has 3 unspecified atom stereocenters. The highest BCUT2D eigenvalue weighted by atomic mass is 16.5. The van der Waals surface area contributed by atoms with E-state index in [2.05, 4.69) is 38.8 Å². The third-order valence-corrected chi connectivity index (χ3v) is 4.84. The lowest BCUT2D eigenvalue weighted by atomic mass is 10.0. The maximum absolute atomic E-state index is 13.1. The molecule has 1 aliphatic carbocycles. The fourth-order valence-electron chi connectivity index (χ4n) is 3.78. The Morgan fingerprint density at radius 3 is 2.60 bits per heavy atom. The molecular formula is C21H26N2O2. The van der Waals surface area contributed by atoms with Crippen molar-refractivity contribution in [2.45, 2.75) is 39.5 Å². The molecule has 0 saturated carbocycles. The van der Waals surface area contributed by atoms with E-state index < -0.39 is 0 Å². The maximum atomic E-state index is 13.1. The fraction of sp³-hybridized carbons (Fsp3) is 0.476. The van der Waals surface area contributed by atoms with Crippen molar-refractivity contribution in [1.82, 2.24) is 4.90 Å². The Labute approximate surface area is 150 Å². The number of hydrogen-bond acceptors (Lipinski definition) is 2. The third-order valence-electron chi connectivity index (χ3n) is 4.84. The standard InChI is InChI=1S/C21H26N2O2/c1-5-12-25-14-17-7-9-18(10-8-17)23-19-11-6-16(4)20(19)22(21(23)24)13-15(2)3/h1,6-11,15-16,19-20H,12-14H2,2-4H3. The highest BCUT2D eigenvalue weighted by Crippen LogP contribution is 2.38. The number of terminal acetylenes is 1. The first-order chi connectivity index (χ1) is 12.0. The molecule has 0 aromatic heterocycles. The van der Waals surface area contributed by atoms with Crippen LogP contribution in [0.25, 0.3) is 0 Å². The van der Waals surface area contributed by atoms with Crippen LogP contribution < -0.4 is 4.90 Å². The molecule has 1 aromatic rings. The zero-order chi connectivity index (χ0) is 18.0. The van der Waals surface area contributed by atoms with Gasteiger partial charge in [-0.3, -0.25) is 4.90 Å². The van der Waals surface area contributed by atoms with Crippen LogP contribution in [-0.2, 0) is 11.3 Å². The van der Waals surface area contributed by atoms with E-state index in [9.17, 15) is 4.79 Å². The first-order valence-corrected chi connectivity index (χ1v) is 8.91. The smallest absolute Gasteiger partial charge is 0.325 e. The SMILES string of the molecule is C#CCOCc1ccc(N2C(=O)N(CC(C)C)C3C(C)C=CC32)cc1. The number of anilines is 1. The third kappa shape index (κ3) is 3.43. The lowest BCUT2D eigenvalue weighted by Crippen LogP contribution is -2.40. The molecule has 132 valence electrons. The van der Waals surface area contributed by atoms with Gasteiger partial charge in [-0.15, -0.1) is 6.42 Å². The summed E-state index contributed by atoms with van der Waals surface area (Å²) < 4.78 is 5.36. The minimum atomic E-state index is 0.108. The monoisotopic (exact) mass is 338 g/mol. The first-order valence-electron chi connectivity index (χ1n) is 8.91. The topological polar surface area (TPSA) is 32.8 Å². The lowest BCUT2D eigenvalue weighted by Gasteiger charge is -2.27. The van der Waals surface area contributed by atoms with E-state index in [0.717, 1.165) is 17.8 Å². The Balaban J connectivity index is 1.80. The van der Waals surface area contributed by atoms with Crippen LogP contribution in [0.5, 0.6) is 0 Å². The van der Waals surface area contributed by atoms with Gasteiger partial charge in [0.05, 0.1) is 18.7 Å². The molecule has 3 rings (SSSR count). The molecule has 0 N–H and O–H groups in total. The maximum Gasteiger partial charge on any atom is 0.325 e. The zero-order valence-electron chi connectivity index (χ0n) is 15.2. The lowest BCUT2D eigenvalue weighted by molar-refractivity contribution is 0.153. The van der Waals surface area contributed by atoms with E-state index in [1.807, 2.05) is 34.1 Å². The van der Waals surface area contributed by atoms with Crippen LogP contribution in [0.2, 0.25) is 0 Å². The second kappa shape index (κ2) is 7.33. The number of urea groups is 1. The van der Waals surface area contributed by atoms with Crippen molar-refractivity contribution in [3.63, 3.8) is 0 Å². The van der Waals surface area contributed by atoms with Gasteiger partial charge in [-0.2, -0.15) is 0 Å². The molecule has 1 aliphatic heterocycles. The van der Waals surface area contributed by atoms with E-state index in [0.29, 0.717) is 25.0 Å². The Morgan fingerprint density at radius 2 is 1.96 bits per heavy atom. The molecule has 0 radical (unpaired) electrons. The molecule has 1 heterocycles. The van der Waals surface area contributed by atoms with Crippen LogP contribution in [0.1, 0.15) is 26.3 Å². The van der Waals surface area contributed by atoms with Gasteiger partial charge in [0.25, 0.3) is 0 Å². The van der Waals surface area contributed by atoms with Gasteiger partial charge in [-0.1, -0.05) is 51.0 Å². The molecule has 1 aromatic carbocycles. The molecular weight excluding hydrogens is 312 g/mol. The predicted molar refractivity (Wildman–Crippen MR) is 100 cm³/mol. The number of ether oxygens (including phenoxy) is 1. The van der Waals surface area contributed by atoms with E-state index in [4.69, 9.17) is 11.2 Å². The van der Waals surface area contributed by atoms with E-state index in [-0.39, 0.29) is 18.1 Å². The van der Waals surface area contributed by atoms with Crippen LogP contribution in [0.4, 0.5) is 10.5 Å². The number of carbonyl (C=O) groups excluding carboxylic acids is 1. The van der Waals surface area contributed by atoms with Crippen molar-refractivity contribution in [3.8, 4) is 12.3 Å². The minimum Gasteiger partial charge on any atom is -0.364 e. The van der Waals surface area contributed by atoms with Crippen molar-refractivity contribution in [2.24, 2.45) is 11.8 Å². The molecule has 4 nitrogen and oxygen atoms in total. The molecule has 1 saturated heterocycles. The van der Waals surface area contributed by atoms with Crippen molar-refractivity contribution < 1.29 is 9.53 Å². The number of carbonyl (C=O) groups is 1. The molecule has 1 fully saturated rings. The van der Waals surface area contributed by atoms with Gasteiger partial charge >= 0.3 is 6.03 Å². The van der Waals surface area contributed by atoms with Crippen molar-refractivity contribution in [1.29, 1.82) is 0 Å². The van der Waals surface area contributed by atoms with Gasteiger partial charge in [-0.05, 0) is 29.5 Å². The number of fused-ring (bicyclic) bond motifs is 1. The van der Waals surface area contributed by atoms with Crippen LogP contribution >= 0.6 is 0 Å². The van der Waals surface area contributed by atoms with Gasteiger partial charge in [0.2, 0.25) is 0 Å². The summed E-state index contributed by atoms with van der Waals surface area (Å²) >= 11 is 0. The van der Waals surface area contributed by atoms with Crippen LogP contribution in [0, 0.1) is 24.2 Å². The molecule has 0 spiro atoms. The molecule has 4 heteroatoms. The zero-order valence-corrected chi connectivity index (χ0v) is 15.2. The number of nitrogens with zero attached hydrogens (tertiary/aromatic N) is 2. The Kier molecular flexibility index (Phi) is 5.15. The van der Waals surface area contributed by atoms with Gasteiger partial charge in [-0.25, -0.2) is 4.79 Å². The minimum absolute atomic E-state index is 0.108. The predicted octanol–water partition coefficient (Wildman–Crippen LogP) is 3.68. The Bertz CT molecular complexity index is 687. The van der Waals surface area contributed by atoms with E-state index in [1.54, 1.807) is 0 Å². The van der Waals surface area contributed by atoms with Gasteiger partial charge in [0, 0.05) is 12.2 Å². The molecule has 3 atom stereocenters. The number of hydrogen-bond donors (Lipinski definition) is 0. The summed E-state index contributed by atoms with van der Waals surface area (Å²) in [6.07, 6.45) is 9.60. The summed E-state index contributed by atoms with van der Waals surface area (Å²) in [4.78, 5) is 17.0. The van der Waals surface area contributed by atoms with Gasteiger partial charge in [0.1, 0.15) is 6.61 Å². The largest absolute Gasteiger partial charge is 0.364 e. The molecule has 25 heavy (non-hydrogen) atoms. The summed E-state index contributed by atoms with van der Waals surface area (Å²) in [5.74, 6) is 3.30. The van der Waals surface area contributed by atoms with Crippen LogP contribution in [-0.4, -0.2) is 36.2 Å². The van der Waals surface area contributed by atoms with Crippen molar-refractivity contribution in [3.05, 3.63) is 42.0 Å². The first kappa shape index (κ1) is 17.6. The average Bonchev–Trinajstić information content (AvgIpc) is 3.07. The van der Waals surface area contributed by atoms with Crippen LogP contribution in [0.3, 0.4) is 0 Å². The Morgan fingerprint density at radius 1 is 1.24 bits per heavy atom. The molecule has 2 aliphatic rings. The van der Waals surface area contributed by atoms with Gasteiger partial charge in [0.15, 0.2) is 0 Å². The van der Waals surface area contributed by atoms with Crippen LogP contribution in [0.15, 0.2) is 36.4 Å². The Hall–Kier alpha value is -2.25. The summed E-state index contributed by atoms with van der Waals surface area (Å²) in [6, 6.07) is 8.45. The second-order valence-electron chi connectivity index (χ2n) is 7.29. The summed E-state index contributed by atoms with van der Waals surface area (Å²) in [5.41, 5.74) is 1.99.